The highest BCUT2D eigenvalue weighted by Crippen LogP contribution is 2.28. The van der Waals surface area contributed by atoms with Crippen molar-refractivity contribution in [3.63, 3.8) is 0 Å². The van der Waals surface area contributed by atoms with Gasteiger partial charge >= 0.3 is 0 Å². The Balaban J connectivity index is 1.56. The first-order chi connectivity index (χ1) is 14.5. The smallest absolute Gasteiger partial charge is 0.244 e. The molecule has 0 aliphatic rings. The molecule has 154 valence electrons. The monoisotopic (exact) mass is 470 g/mol. The zero-order valence-corrected chi connectivity index (χ0v) is 17.9. The van der Waals surface area contributed by atoms with Crippen molar-refractivity contribution in [2.75, 3.05) is 7.11 Å². The zero-order chi connectivity index (χ0) is 21.3. The molecule has 7 heteroatoms. The second-order valence-electron chi connectivity index (χ2n) is 6.42. The van der Waals surface area contributed by atoms with Crippen molar-refractivity contribution in [1.29, 1.82) is 0 Å². The van der Waals surface area contributed by atoms with Gasteiger partial charge in [0.2, 0.25) is 5.91 Å². The summed E-state index contributed by atoms with van der Waals surface area (Å²) in [4.78, 5) is 12.0. The van der Waals surface area contributed by atoms with Crippen LogP contribution in [0.3, 0.4) is 0 Å². The molecule has 5 nitrogen and oxygen atoms in total. The van der Waals surface area contributed by atoms with E-state index in [1.807, 2.05) is 24.3 Å². The second-order valence-corrected chi connectivity index (χ2v) is 7.34. The lowest BCUT2D eigenvalue weighted by Gasteiger charge is -2.11. The topological polar surface area (TPSA) is 59.9 Å². The highest BCUT2D eigenvalue weighted by molar-refractivity contribution is 9.10. The lowest BCUT2D eigenvalue weighted by Crippen LogP contribution is -2.19. The Kier molecular flexibility index (Phi) is 7.57. The molecule has 1 amide bonds. The highest BCUT2D eigenvalue weighted by atomic mass is 79.9. The third-order valence-corrected chi connectivity index (χ3v) is 4.70. The Labute approximate surface area is 182 Å². The minimum atomic E-state index is -0.288. The van der Waals surface area contributed by atoms with Crippen LogP contribution < -0.4 is 14.9 Å². The number of rotatable bonds is 8. The quantitative estimate of drug-likeness (QED) is 0.377. The van der Waals surface area contributed by atoms with Gasteiger partial charge in [-0.05, 0) is 59.2 Å². The first kappa shape index (κ1) is 21.5. The molecule has 3 rings (SSSR count). The number of hydrogen-bond acceptors (Lipinski definition) is 4. The second kappa shape index (κ2) is 10.5. The fraction of sp³-hybridized carbons (Fsp3) is 0.130. The van der Waals surface area contributed by atoms with Crippen LogP contribution in [0.4, 0.5) is 4.39 Å². The van der Waals surface area contributed by atoms with Crippen molar-refractivity contribution in [1.82, 2.24) is 5.43 Å². The molecule has 3 aromatic carbocycles. The van der Waals surface area contributed by atoms with Gasteiger partial charge in [0, 0.05) is 4.47 Å². The number of hydrogen-bond donors (Lipinski definition) is 1. The highest BCUT2D eigenvalue weighted by Gasteiger charge is 2.06. The van der Waals surface area contributed by atoms with E-state index in [0.717, 1.165) is 21.2 Å². The van der Waals surface area contributed by atoms with Crippen molar-refractivity contribution < 1.29 is 18.7 Å². The van der Waals surface area contributed by atoms with Crippen molar-refractivity contribution in [3.8, 4) is 11.5 Å². The van der Waals surface area contributed by atoms with Crippen LogP contribution in [0, 0.1) is 5.82 Å². The van der Waals surface area contributed by atoms with Crippen LogP contribution in [0.2, 0.25) is 0 Å². The molecule has 0 bridgehead atoms. The number of halogens is 2. The Morgan fingerprint density at radius 1 is 1.03 bits per heavy atom. The molecule has 0 saturated heterocycles. The van der Waals surface area contributed by atoms with Crippen LogP contribution in [0.25, 0.3) is 0 Å². The lowest BCUT2D eigenvalue weighted by molar-refractivity contribution is -0.120. The normalized spacial score (nSPS) is 10.8. The number of amides is 1. The third kappa shape index (κ3) is 6.42. The molecule has 0 atom stereocenters. The van der Waals surface area contributed by atoms with Crippen LogP contribution in [0.5, 0.6) is 11.5 Å². The van der Waals surface area contributed by atoms with Crippen LogP contribution in [-0.2, 0) is 17.8 Å². The average molecular weight is 471 g/mol. The summed E-state index contributed by atoms with van der Waals surface area (Å²) in [5, 5.41) is 4.00. The van der Waals surface area contributed by atoms with E-state index < -0.39 is 0 Å². The van der Waals surface area contributed by atoms with Crippen LogP contribution >= 0.6 is 15.9 Å². The Morgan fingerprint density at radius 3 is 2.43 bits per heavy atom. The van der Waals surface area contributed by atoms with Crippen LogP contribution in [0.1, 0.15) is 16.7 Å². The number of methoxy groups -OCH3 is 1. The molecule has 0 aromatic heterocycles. The van der Waals surface area contributed by atoms with Gasteiger partial charge in [0.15, 0.2) is 11.5 Å². The average Bonchev–Trinajstić information content (AvgIpc) is 2.75. The minimum Gasteiger partial charge on any atom is -0.493 e. The summed E-state index contributed by atoms with van der Waals surface area (Å²) in [6.45, 7) is 0.288. The first-order valence-electron chi connectivity index (χ1n) is 9.15. The van der Waals surface area contributed by atoms with E-state index in [0.29, 0.717) is 11.5 Å². The van der Waals surface area contributed by atoms with Gasteiger partial charge in [0.25, 0.3) is 0 Å². The molecule has 0 spiro atoms. The number of nitrogens with one attached hydrogen (secondary N) is 1. The van der Waals surface area contributed by atoms with Gasteiger partial charge in [-0.3, -0.25) is 4.79 Å². The lowest BCUT2D eigenvalue weighted by atomic mass is 10.1. The molecule has 30 heavy (non-hydrogen) atoms. The number of carbonyl (C=O) groups excluding carboxylic acids is 1. The first-order valence-corrected chi connectivity index (χ1v) is 9.94. The van der Waals surface area contributed by atoms with Gasteiger partial charge in [0.05, 0.1) is 19.7 Å². The van der Waals surface area contributed by atoms with Gasteiger partial charge in [-0.2, -0.15) is 5.10 Å². The van der Waals surface area contributed by atoms with E-state index in [1.165, 1.54) is 18.3 Å². The van der Waals surface area contributed by atoms with Crippen molar-refractivity contribution >= 4 is 28.1 Å². The fourth-order valence-electron chi connectivity index (χ4n) is 2.63. The number of benzene rings is 3. The van der Waals surface area contributed by atoms with Crippen molar-refractivity contribution in [2.45, 2.75) is 13.0 Å². The molecular weight excluding hydrogens is 451 g/mol. The Hall–Kier alpha value is -3.19. The molecule has 0 heterocycles. The number of hydrazone groups is 1. The Morgan fingerprint density at radius 2 is 1.73 bits per heavy atom. The van der Waals surface area contributed by atoms with E-state index in [-0.39, 0.29) is 24.8 Å². The SMILES string of the molecule is COc1cc(/C=N/NC(=O)Cc2ccc(Br)cc2)ccc1OCc1ccc(F)cc1. The summed E-state index contributed by atoms with van der Waals surface area (Å²) in [7, 11) is 1.54. The zero-order valence-electron chi connectivity index (χ0n) is 16.3. The van der Waals surface area contributed by atoms with Gasteiger partial charge in [0.1, 0.15) is 12.4 Å². The minimum absolute atomic E-state index is 0.209. The Bertz CT molecular complexity index is 1020. The summed E-state index contributed by atoms with van der Waals surface area (Å²) >= 11 is 3.36. The number of carbonyl (C=O) groups is 1. The van der Waals surface area contributed by atoms with E-state index in [9.17, 15) is 9.18 Å². The van der Waals surface area contributed by atoms with Crippen LogP contribution in [0.15, 0.2) is 76.3 Å². The number of nitrogens with zero attached hydrogens (tertiary/aromatic N) is 1. The molecule has 0 saturated carbocycles. The number of ether oxygens (including phenoxy) is 2. The maximum Gasteiger partial charge on any atom is 0.244 e. The predicted octanol–water partition coefficient (Wildman–Crippen LogP) is 4.87. The van der Waals surface area contributed by atoms with E-state index in [4.69, 9.17) is 9.47 Å². The molecule has 0 aliphatic carbocycles. The van der Waals surface area contributed by atoms with Gasteiger partial charge in [-0.15, -0.1) is 0 Å². The van der Waals surface area contributed by atoms with E-state index >= 15 is 0 Å². The fourth-order valence-corrected chi connectivity index (χ4v) is 2.90. The summed E-state index contributed by atoms with van der Waals surface area (Å²) in [5.41, 5.74) is 5.00. The summed E-state index contributed by atoms with van der Waals surface area (Å²) < 4.78 is 25.1. The van der Waals surface area contributed by atoms with Crippen molar-refractivity contribution in [3.05, 3.63) is 93.7 Å². The molecule has 0 unspecified atom stereocenters. The van der Waals surface area contributed by atoms with Crippen LogP contribution in [-0.4, -0.2) is 19.2 Å². The molecular formula is C23H20BrFN2O3. The molecule has 0 fully saturated rings. The summed E-state index contributed by atoms with van der Waals surface area (Å²) in [5.74, 6) is 0.587. The van der Waals surface area contributed by atoms with E-state index in [2.05, 4.69) is 26.5 Å². The summed E-state index contributed by atoms with van der Waals surface area (Å²) in [6.07, 6.45) is 1.77. The molecule has 0 aliphatic heterocycles. The maximum absolute atomic E-state index is 13.0. The van der Waals surface area contributed by atoms with Crippen molar-refractivity contribution in [2.24, 2.45) is 5.10 Å². The predicted molar refractivity (Wildman–Crippen MR) is 117 cm³/mol. The van der Waals surface area contributed by atoms with E-state index in [1.54, 1.807) is 37.4 Å². The maximum atomic E-state index is 13.0. The standard InChI is InChI=1S/C23H20BrFN2O3/c1-29-22-12-18(6-11-21(22)30-15-17-4-9-20(25)10-5-17)14-26-27-23(28)13-16-2-7-19(24)8-3-16/h2-12,14H,13,15H2,1H3,(H,27,28)/b26-14+. The largest absolute Gasteiger partial charge is 0.493 e. The molecule has 0 radical (unpaired) electrons. The van der Waals surface area contributed by atoms with Gasteiger partial charge < -0.3 is 9.47 Å². The van der Waals surface area contributed by atoms with Gasteiger partial charge in [-0.1, -0.05) is 40.2 Å². The molecule has 1 N–H and O–H groups in total. The summed E-state index contributed by atoms with van der Waals surface area (Å²) in [6, 6.07) is 19.0. The molecule has 3 aromatic rings. The van der Waals surface area contributed by atoms with Gasteiger partial charge in [-0.25, -0.2) is 9.82 Å². The third-order valence-electron chi connectivity index (χ3n) is 4.18.